The standard InChI is InChI=1S/C17H16N2O2S/c1-9-8-10(2)19-17-13(9)14(18)16(22-17)15(20)11-4-6-12(21-3)7-5-11/h4-8H,18H2,1-3H3. The first-order chi connectivity index (χ1) is 10.5. The lowest BCUT2D eigenvalue weighted by Gasteiger charge is -2.03. The summed E-state index contributed by atoms with van der Waals surface area (Å²) in [6.07, 6.45) is 0. The topological polar surface area (TPSA) is 65.2 Å². The first-order valence-electron chi connectivity index (χ1n) is 6.86. The smallest absolute Gasteiger partial charge is 0.205 e. The number of ether oxygens (including phenoxy) is 1. The van der Waals surface area contributed by atoms with E-state index >= 15 is 0 Å². The number of aryl methyl sites for hydroxylation is 2. The fourth-order valence-corrected chi connectivity index (χ4v) is 3.69. The molecule has 0 saturated carbocycles. The Morgan fingerprint density at radius 3 is 2.55 bits per heavy atom. The number of nitrogen functional groups attached to an aromatic ring is 1. The van der Waals surface area contributed by atoms with Crippen LogP contribution in [0.3, 0.4) is 0 Å². The summed E-state index contributed by atoms with van der Waals surface area (Å²) in [4.78, 5) is 18.5. The third kappa shape index (κ3) is 2.33. The monoisotopic (exact) mass is 312 g/mol. The number of anilines is 1. The number of rotatable bonds is 3. The number of pyridine rings is 1. The largest absolute Gasteiger partial charge is 0.497 e. The average molecular weight is 312 g/mol. The SMILES string of the molecule is COc1ccc(C(=O)c2sc3nc(C)cc(C)c3c2N)cc1. The van der Waals surface area contributed by atoms with Crippen molar-refractivity contribution in [2.75, 3.05) is 12.8 Å². The maximum Gasteiger partial charge on any atom is 0.205 e. The Kier molecular flexibility index (Phi) is 3.58. The van der Waals surface area contributed by atoms with Crippen LogP contribution >= 0.6 is 11.3 Å². The zero-order valence-electron chi connectivity index (χ0n) is 12.6. The quantitative estimate of drug-likeness (QED) is 0.748. The van der Waals surface area contributed by atoms with E-state index in [1.165, 1.54) is 11.3 Å². The molecular formula is C17H16N2O2S. The van der Waals surface area contributed by atoms with Crippen LogP contribution in [0.1, 0.15) is 26.5 Å². The van der Waals surface area contributed by atoms with E-state index in [4.69, 9.17) is 10.5 Å². The fraction of sp³-hybridized carbons (Fsp3) is 0.176. The van der Waals surface area contributed by atoms with Crippen LogP contribution in [0.15, 0.2) is 30.3 Å². The molecule has 0 aliphatic heterocycles. The maximum absolute atomic E-state index is 12.7. The highest BCUT2D eigenvalue weighted by molar-refractivity contribution is 7.21. The van der Waals surface area contributed by atoms with E-state index in [9.17, 15) is 4.79 Å². The van der Waals surface area contributed by atoms with Gasteiger partial charge in [0.25, 0.3) is 0 Å². The van der Waals surface area contributed by atoms with E-state index in [-0.39, 0.29) is 5.78 Å². The maximum atomic E-state index is 12.7. The van der Waals surface area contributed by atoms with Crippen LogP contribution < -0.4 is 10.5 Å². The normalized spacial score (nSPS) is 10.9. The number of thiophene rings is 1. The van der Waals surface area contributed by atoms with Crippen LogP contribution in [0.4, 0.5) is 5.69 Å². The molecule has 0 bridgehead atoms. The number of benzene rings is 1. The molecule has 2 heterocycles. The van der Waals surface area contributed by atoms with Crippen molar-refractivity contribution in [1.29, 1.82) is 0 Å². The van der Waals surface area contributed by atoms with E-state index in [1.807, 2.05) is 19.9 Å². The summed E-state index contributed by atoms with van der Waals surface area (Å²) >= 11 is 1.35. The molecule has 2 aromatic heterocycles. The van der Waals surface area contributed by atoms with Gasteiger partial charge in [0.2, 0.25) is 5.78 Å². The lowest BCUT2D eigenvalue weighted by Crippen LogP contribution is -2.02. The number of aromatic nitrogens is 1. The zero-order chi connectivity index (χ0) is 15.9. The number of ketones is 1. The molecule has 0 unspecified atom stereocenters. The minimum atomic E-state index is -0.0831. The number of hydrogen-bond donors (Lipinski definition) is 1. The van der Waals surface area contributed by atoms with Crippen LogP contribution in [-0.2, 0) is 0 Å². The van der Waals surface area contributed by atoms with Gasteiger partial charge in [-0.2, -0.15) is 0 Å². The Morgan fingerprint density at radius 1 is 1.23 bits per heavy atom. The highest BCUT2D eigenvalue weighted by Gasteiger charge is 2.20. The predicted octanol–water partition coefficient (Wildman–Crippen LogP) is 3.73. The summed E-state index contributed by atoms with van der Waals surface area (Å²) in [5, 5.41) is 0.882. The molecule has 5 heteroatoms. The van der Waals surface area contributed by atoms with Gasteiger partial charge in [0, 0.05) is 16.6 Å². The summed E-state index contributed by atoms with van der Waals surface area (Å²) in [5.74, 6) is 0.634. The second kappa shape index (κ2) is 5.42. The van der Waals surface area contributed by atoms with Gasteiger partial charge in [-0.15, -0.1) is 11.3 Å². The summed E-state index contributed by atoms with van der Waals surface area (Å²) in [6.45, 7) is 3.93. The first-order valence-corrected chi connectivity index (χ1v) is 7.68. The van der Waals surface area contributed by atoms with E-state index in [0.29, 0.717) is 21.9 Å². The van der Waals surface area contributed by atoms with Crippen molar-refractivity contribution in [2.45, 2.75) is 13.8 Å². The molecular weight excluding hydrogens is 296 g/mol. The molecule has 0 radical (unpaired) electrons. The van der Waals surface area contributed by atoms with E-state index in [2.05, 4.69) is 4.98 Å². The summed E-state index contributed by atoms with van der Waals surface area (Å²) in [6, 6.07) is 9.01. The molecule has 2 N–H and O–H groups in total. The van der Waals surface area contributed by atoms with Gasteiger partial charge in [-0.25, -0.2) is 4.98 Å². The van der Waals surface area contributed by atoms with Gasteiger partial charge in [-0.3, -0.25) is 4.79 Å². The molecule has 4 nitrogen and oxygen atoms in total. The van der Waals surface area contributed by atoms with Crippen LogP contribution in [0.5, 0.6) is 5.75 Å². The third-order valence-electron chi connectivity index (χ3n) is 3.58. The summed E-state index contributed by atoms with van der Waals surface area (Å²) in [5.41, 5.74) is 9.29. The Hall–Kier alpha value is -2.40. The van der Waals surface area contributed by atoms with Crippen LogP contribution in [0, 0.1) is 13.8 Å². The lowest BCUT2D eigenvalue weighted by molar-refractivity contribution is 0.104. The van der Waals surface area contributed by atoms with Crippen molar-refractivity contribution in [2.24, 2.45) is 0 Å². The Bertz CT molecular complexity index is 866. The molecule has 0 saturated heterocycles. The number of carbonyl (C=O) groups is 1. The highest BCUT2D eigenvalue weighted by Crippen LogP contribution is 2.36. The second-order valence-corrected chi connectivity index (χ2v) is 6.16. The van der Waals surface area contributed by atoms with Crippen molar-refractivity contribution >= 4 is 33.0 Å². The average Bonchev–Trinajstić information content (AvgIpc) is 2.83. The van der Waals surface area contributed by atoms with Crippen molar-refractivity contribution in [3.05, 3.63) is 52.0 Å². The van der Waals surface area contributed by atoms with E-state index in [0.717, 1.165) is 21.5 Å². The van der Waals surface area contributed by atoms with Gasteiger partial charge in [0.1, 0.15) is 15.5 Å². The van der Waals surface area contributed by atoms with E-state index in [1.54, 1.807) is 31.4 Å². The van der Waals surface area contributed by atoms with Crippen molar-refractivity contribution in [3.8, 4) is 5.75 Å². The minimum Gasteiger partial charge on any atom is -0.497 e. The molecule has 22 heavy (non-hydrogen) atoms. The number of methoxy groups -OCH3 is 1. The molecule has 0 aliphatic carbocycles. The van der Waals surface area contributed by atoms with Gasteiger partial charge in [0.05, 0.1) is 12.8 Å². The van der Waals surface area contributed by atoms with Crippen molar-refractivity contribution in [3.63, 3.8) is 0 Å². The van der Waals surface area contributed by atoms with Crippen molar-refractivity contribution < 1.29 is 9.53 Å². The van der Waals surface area contributed by atoms with Gasteiger partial charge in [-0.1, -0.05) is 0 Å². The van der Waals surface area contributed by atoms with Crippen LogP contribution in [-0.4, -0.2) is 17.9 Å². The Labute approximate surface area is 132 Å². The number of nitrogens with two attached hydrogens (primary N) is 1. The predicted molar refractivity (Wildman–Crippen MR) is 89.9 cm³/mol. The van der Waals surface area contributed by atoms with Gasteiger partial charge >= 0.3 is 0 Å². The first kappa shape index (κ1) is 14.5. The van der Waals surface area contributed by atoms with E-state index < -0.39 is 0 Å². The Morgan fingerprint density at radius 2 is 1.91 bits per heavy atom. The van der Waals surface area contributed by atoms with Gasteiger partial charge < -0.3 is 10.5 Å². The molecule has 1 aromatic carbocycles. The molecule has 0 spiro atoms. The van der Waals surface area contributed by atoms with Crippen LogP contribution in [0.25, 0.3) is 10.2 Å². The molecule has 0 atom stereocenters. The molecule has 0 aliphatic rings. The molecule has 0 amide bonds. The molecule has 0 fully saturated rings. The van der Waals surface area contributed by atoms with Gasteiger partial charge in [0.15, 0.2) is 0 Å². The third-order valence-corrected chi connectivity index (χ3v) is 4.68. The number of fused-ring (bicyclic) bond motifs is 1. The van der Waals surface area contributed by atoms with Gasteiger partial charge in [-0.05, 0) is 49.7 Å². The molecule has 112 valence electrons. The van der Waals surface area contributed by atoms with Crippen LogP contribution in [0.2, 0.25) is 0 Å². The number of hydrogen-bond acceptors (Lipinski definition) is 5. The Balaban J connectivity index is 2.11. The van der Waals surface area contributed by atoms with Crippen molar-refractivity contribution in [1.82, 2.24) is 4.98 Å². The number of nitrogens with zero attached hydrogens (tertiary/aromatic N) is 1. The lowest BCUT2D eigenvalue weighted by atomic mass is 10.1. The molecule has 3 rings (SSSR count). The fourth-order valence-electron chi connectivity index (χ4n) is 2.51. The number of carbonyl (C=O) groups excluding carboxylic acids is 1. The zero-order valence-corrected chi connectivity index (χ0v) is 13.5. The summed E-state index contributed by atoms with van der Waals surface area (Å²) in [7, 11) is 1.59. The molecule has 3 aromatic rings. The summed E-state index contributed by atoms with van der Waals surface area (Å²) < 4.78 is 5.11. The highest BCUT2D eigenvalue weighted by atomic mass is 32.1. The second-order valence-electron chi connectivity index (χ2n) is 5.16. The minimum absolute atomic E-state index is 0.0831.